The molecule has 0 aromatic rings. The lowest BCUT2D eigenvalue weighted by Crippen LogP contribution is -2.45. The highest BCUT2D eigenvalue weighted by Gasteiger charge is 2.18. The number of hydrogen-bond acceptors (Lipinski definition) is 4. The van der Waals surface area contributed by atoms with Crippen molar-refractivity contribution >= 4 is 0 Å². The first-order valence-electron chi connectivity index (χ1n) is 4.70. The van der Waals surface area contributed by atoms with E-state index in [1.807, 2.05) is 0 Å². The Morgan fingerprint density at radius 2 is 1.92 bits per heavy atom. The molecule has 4 heteroatoms. The molecule has 0 radical (unpaired) electrons. The third kappa shape index (κ3) is 5.21. The van der Waals surface area contributed by atoms with Gasteiger partial charge in [0.05, 0.1) is 12.6 Å². The molecular formula is C9H21NO3. The Hall–Kier alpha value is -0.160. The maximum absolute atomic E-state index is 9.04. The third-order valence-electron chi connectivity index (χ3n) is 1.93. The van der Waals surface area contributed by atoms with E-state index in [9.17, 15) is 0 Å². The van der Waals surface area contributed by atoms with Gasteiger partial charge in [0.25, 0.3) is 0 Å². The summed E-state index contributed by atoms with van der Waals surface area (Å²) in [6.45, 7) is 3.03. The van der Waals surface area contributed by atoms with E-state index in [1.54, 1.807) is 14.2 Å². The van der Waals surface area contributed by atoms with Crippen molar-refractivity contribution in [3.05, 3.63) is 0 Å². The fraction of sp³-hybridized carbons (Fsp3) is 1.00. The van der Waals surface area contributed by atoms with Crippen LogP contribution in [0, 0.1) is 0 Å². The van der Waals surface area contributed by atoms with Crippen LogP contribution in [0.3, 0.4) is 0 Å². The average molecular weight is 191 g/mol. The molecule has 1 unspecified atom stereocenters. The van der Waals surface area contributed by atoms with E-state index < -0.39 is 0 Å². The molecular weight excluding hydrogens is 170 g/mol. The van der Waals surface area contributed by atoms with E-state index in [2.05, 4.69) is 12.2 Å². The number of hydrogen-bond donors (Lipinski definition) is 2. The minimum absolute atomic E-state index is 0.0239. The Morgan fingerprint density at radius 3 is 2.31 bits per heavy atom. The molecule has 0 fully saturated rings. The number of aliphatic hydroxyl groups excluding tert-OH is 1. The second-order valence-electron chi connectivity index (χ2n) is 2.94. The zero-order valence-electron chi connectivity index (χ0n) is 8.75. The number of unbranched alkanes of at least 4 members (excludes halogenated alkanes) is 1. The van der Waals surface area contributed by atoms with Crippen LogP contribution in [-0.2, 0) is 9.47 Å². The fourth-order valence-electron chi connectivity index (χ4n) is 1.14. The number of methoxy groups -OCH3 is 2. The normalized spacial score (nSPS) is 13.6. The number of rotatable bonds is 8. The van der Waals surface area contributed by atoms with Crippen molar-refractivity contribution in [3.63, 3.8) is 0 Å². The van der Waals surface area contributed by atoms with E-state index in [4.69, 9.17) is 14.6 Å². The van der Waals surface area contributed by atoms with Gasteiger partial charge in [-0.2, -0.15) is 0 Å². The van der Waals surface area contributed by atoms with Gasteiger partial charge in [0.15, 0.2) is 6.29 Å². The quantitative estimate of drug-likeness (QED) is 0.429. The molecule has 0 heterocycles. The highest BCUT2D eigenvalue weighted by molar-refractivity contribution is 4.68. The van der Waals surface area contributed by atoms with Gasteiger partial charge >= 0.3 is 0 Å². The second-order valence-corrected chi connectivity index (χ2v) is 2.94. The highest BCUT2D eigenvalue weighted by Crippen LogP contribution is 1.99. The van der Waals surface area contributed by atoms with Gasteiger partial charge in [-0.1, -0.05) is 13.3 Å². The van der Waals surface area contributed by atoms with E-state index >= 15 is 0 Å². The van der Waals surface area contributed by atoms with E-state index in [0.717, 1.165) is 19.4 Å². The van der Waals surface area contributed by atoms with Crippen molar-refractivity contribution in [1.29, 1.82) is 0 Å². The van der Waals surface area contributed by atoms with Crippen LogP contribution in [0.5, 0.6) is 0 Å². The van der Waals surface area contributed by atoms with E-state index in [1.165, 1.54) is 0 Å². The van der Waals surface area contributed by atoms with Crippen molar-refractivity contribution in [1.82, 2.24) is 5.32 Å². The monoisotopic (exact) mass is 191 g/mol. The molecule has 0 rings (SSSR count). The van der Waals surface area contributed by atoms with Crippen molar-refractivity contribution in [3.8, 4) is 0 Å². The Balaban J connectivity index is 3.71. The van der Waals surface area contributed by atoms with Crippen molar-refractivity contribution in [2.24, 2.45) is 0 Å². The fourth-order valence-corrected chi connectivity index (χ4v) is 1.14. The molecule has 13 heavy (non-hydrogen) atoms. The summed E-state index contributed by atoms with van der Waals surface area (Å²) in [5, 5.41) is 12.2. The number of aliphatic hydroxyl groups is 1. The van der Waals surface area contributed by atoms with Crippen LogP contribution >= 0.6 is 0 Å². The largest absolute Gasteiger partial charge is 0.395 e. The summed E-state index contributed by atoms with van der Waals surface area (Å²) in [5.41, 5.74) is 0. The highest BCUT2D eigenvalue weighted by atomic mass is 16.7. The molecule has 0 bridgehead atoms. The minimum atomic E-state index is -0.373. The van der Waals surface area contributed by atoms with E-state index in [-0.39, 0.29) is 18.9 Å². The summed E-state index contributed by atoms with van der Waals surface area (Å²) >= 11 is 0. The minimum Gasteiger partial charge on any atom is -0.395 e. The molecule has 0 spiro atoms. The van der Waals surface area contributed by atoms with Gasteiger partial charge in [0, 0.05) is 14.2 Å². The van der Waals surface area contributed by atoms with Gasteiger partial charge in [0.2, 0.25) is 0 Å². The van der Waals surface area contributed by atoms with Crippen LogP contribution in [0.4, 0.5) is 0 Å². The van der Waals surface area contributed by atoms with Crippen LogP contribution in [0.25, 0.3) is 0 Å². The molecule has 0 aliphatic heterocycles. The predicted octanol–water partition coefficient (Wildman–Crippen LogP) is 0.356. The molecule has 0 amide bonds. The summed E-state index contributed by atoms with van der Waals surface area (Å²) in [6, 6.07) is -0.137. The summed E-state index contributed by atoms with van der Waals surface area (Å²) in [4.78, 5) is 0. The Kier molecular flexibility index (Phi) is 8.33. The van der Waals surface area contributed by atoms with Gasteiger partial charge in [-0.05, 0) is 13.0 Å². The molecule has 0 aliphatic carbocycles. The molecule has 1 atom stereocenters. The van der Waals surface area contributed by atoms with Gasteiger partial charge in [-0.3, -0.25) is 0 Å². The lowest BCUT2D eigenvalue weighted by Gasteiger charge is -2.23. The van der Waals surface area contributed by atoms with Crippen LogP contribution in [0.15, 0.2) is 0 Å². The smallest absolute Gasteiger partial charge is 0.174 e. The Labute approximate surface area is 80.2 Å². The first-order valence-corrected chi connectivity index (χ1v) is 4.70. The lowest BCUT2D eigenvalue weighted by molar-refractivity contribution is -0.129. The van der Waals surface area contributed by atoms with Gasteiger partial charge in [-0.25, -0.2) is 0 Å². The lowest BCUT2D eigenvalue weighted by atomic mass is 10.2. The molecule has 0 saturated carbocycles. The molecule has 0 aromatic heterocycles. The topological polar surface area (TPSA) is 50.7 Å². The Morgan fingerprint density at radius 1 is 1.31 bits per heavy atom. The standard InChI is InChI=1S/C9H21NO3/c1-4-5-6-10-8(7-11)9(12-2)13-3/h8-11H,4-7H2,1-3H3. The zero-order valence-corrected chi connectivity index (χ0v) is 8.75. The predicted molar refractivity (Wildman–Crippen MR) is 51.6 cm³/mol. The van der Waals surface area contributed by atoms with Crippen molar-refractivity contribution in [2.75, 3.05) is 27.4 Å². The first kappa shape index (κ1) is 12.8. The van der Waals surface area contributed by atoms with Crippen LogP contribution < -0.4 is 5.32 Å². The first-order chi connectivity index (χ1) is 6.29. The summed E-state index contributed by atoms with van der Waals surface area (Å²) in [7, 11) is 3.14. The van der Waals surface area contributed by atoms with Gasteiger partial charge < -0.3 is 19.9 Å². The molecule has 2 N–H and O–H groups in total. The van der Waals surface area contributed by atoms with Crippen molar-refractivity contribution < 1.29 is 14.6 Å². The molecule has 0 aliphatic rings. The maximum Gasteiger partial charge on any atom is 0.174 e. The molecule has 4 nitrogen and oxygen atoms in total. The maximum atomic E-state index is 9.04. The number of nitrogens with one attached hydrogen (secondary N) is 1. The summed E-state index contributed by atoms with van der Waals surface area (Å²) in [5.74, 6) is 0. The zero-order chi connectivity index (χ0) is 10.1. The summed E-state index contributed by atoms with van der Waals surface area (Å²) < 4.78 is 10.1. The molecule has 0 aromatic carbocycles. The third-order valence-corrected chi connectivity index (χ3v) is 1.93. The van der Waals surface area contributed by atoms with Crippen LogP contribution in [-0.4, -0.2) is 44.8 Å². The summed E-state index contributed by atoms with van der Waals surface area (Å²) in [6.07, 6.45) is 1.86. The average Bonchev–Trinajstić information content (AvgIpc) is 2.17. The van der Waals surface area contributed by atoms with Crippen LogP contribution in [0.2, 0.25) is 0 Å². The van der Waals surface area contributed by atoms with E-state index in [0.29, 0.717) is 0 Å². The second kappa shape index (κ2) is 8.44. The Bertz CT molecular complexity index is 107. The SMILES string of the molecule is CCCCNC(CO)C(OC)OC. The molecule has 0 saturated heterocycles. The number of ether oxygens (including phenoxy) is 2. The van der Waals surface area contributed by atoms with Crippen LogP contribution in [0.1, 0.15) is 19.8 Å². The van der Waals surface area contributed by atoms with Crippen molar-refractivity contribution in [2.45, 2.75) is 32.1 Å². The molecule has 80 valence electrons. The van der Waals surface area contributed by atoms with Gasteiger partial charge in [-0.15, -0.1) is 0 Å². The van der Waals surface area contributed by atoms with Gasteiger partial charge in [0.1, 0.15) is 0 Å².